The highest BCUT2D eigenvalue weighted by Gasteiger charge is 2.07. The summed E-state index contributed by atoms with van der Waals surface area (Å²) in [5.41, 5.74) is 0. The number of hydrogen-bond acceptors (Lipinski definition) is 2. The molecule has 0 aromatic carbocycles. The first-order valence-corrected chi connectivity index (χ1v) is 4.02. The molecule has 2 atom stereocenters. The van der Waals surface area contributed by atoms with Gasteiger partial charge in [-0.05, 0) is 13.3 Å². The predicted molar refractivity (Wildman–Crippen MR) is 37.1 cm³/mol. The minimum absolute atomic E-state index is 0.142. The first-order chi connectivity index (χ1) is 3.66. The molecule has 3 heteroatoms. The molecule has 0 fully saturated rings. The van der Waals surface area contributed by atoms with Crippen molar-refractivity contribution in [2.75, 3.05) is 0 Å². The largest absolute Gasteiger partial charge is 0.420 e. The SMILES string of the molecule is C=[P+](O)O[C@H](C)CC. The lowest BCUT2D eigenvalue weighted by Crippen LogP contribution is -1.99. The normalized spacial score (nSPS) is 15.6. The van der Waals surface area contributed by atoms with E-state index >= 15 is 0 Å². The van der Waals surface area contributed by atoms with Gasteiger partial charge in [0.15, 0.2) is 0 Å². The Labute approximate surface area is 51.0 Å². The monoisotopic (exact) mass is 135 g/mol. The van der Waals surface area contributed by atoms with Crippen molar-refractivity contribution in [3.63, 3.8) is 0 Å². The molecule has 1 unspecified atom stereocenters. The van der Waals surface area contributed by atoms with Crippen LogP contribution >= 0.6 is 8.00 Å². The van der Waals surface area contributed by atoms with Gasteiger partial charge in [0.2, 0.25) is 0 Å². The lowest BCUT2D eigenvalue weighted by molar-refractivity contribution is 0.226. The summed E-state index contributed by atoms with van der Waals surface area (Å²) in [6.45, 7) is 3.92. The first-order valence-electron chi connectivity index (χ1n) is 2.63. The van der Waals surface area contributed by atoms with Crippen LogP contribution in [-0.2, 0) is 4.52 Å². The van der Waals surface area contributed by atoms with Gasteiger partial charge in [0.25, 0.3) is 0 Å². The van der Waals surface area contributed by atoms with E-state index in [1.807, 2.05) is 13.8 Å². The standard InChI is InChI=1S/C5H12O2P/c1-4-5(2)7-8(3)6/h5-6H,3-4H2,1-2H3/q+1/t5-/m1/s1. The molecular weight excluding hydrogens is 123 g/mol. The summed E-state index contributed by atoms with van der Waals surface area (Å²) in [7, 11) is -1.40. The molecule has 0 aliphatic rings. The number of hydrogen-bond donors (Lipinski definition) is 1. The predicted octanol–water partition coefficient (Wildman–Crippen LogP) is 1.54. The third-order valence-corrected chi connectivity index (χ3v) is 1.48. The Kier molecular flexibility index (Phi) is 4.06. The second-order valence-electron chi connectivity index (χ2n) is 1.68. The average molecular weight is 135 g/mol. The first kappa shape index (κ1) is 8.09. The maximum Gasteiger partial charge on any atom is 0.420 e. The fourth-order valence-corrected chi connectivity index (χ4v) is 0.847. The van der Waals surface area contributed by atoms with E-state index in [4.69, 9.17) is 9.42 Å². The highest BCUT2D eigenvalue weighted by atomic mass is 31.1. The maximum atomic E-state index is 8.59. The van der Waals surface area contributed by atoms with Crippen LogP contribution in [0.25, 0.3) is 0 Å². The van der Waals surface area contributed by atoms with Gasteiger partial charge in [0, 0.05) is 0 Å². The van der Waals surface area contributed by atoms with Gasteiger partial charge in [-0.1, -0.05) is 6.92 Å². The van der Waals surface area contributed by atoms with Gasteiger partial charge in [-0.2, -0.15) is 9.42 Å². The van der Waals surface area contributed by atoms with Gasteiger partial charge in [-0.3, -0.25) is 0 Å². The van der Waals surface area contributed by atoms with Crippen LogP contribution in [0, 0.1) is 0 Å². The van der Waals surface area contributed by atoms with Crippen LogP contribution < -0.4 is 0 Å². The van der Waals surface area contributed by atoms with Gasteiger partial charge < -0.3 is 0 Å². The summed E-state index contributed by atoms with van der Waals surface area (Å²) in [5.74, 6) is 0. The average Bonchev–Trinajstić information content (AvgIpc) is 1.65. The van der Waals surface area contributed by atoms with E-state index in [0.29, 0.717) is 0 Å². The second kappa shape index (κ2) is 4.02. The molecular formula is C5H12O2P+. The van der Waals surface area contributed by atoms with Gasteiger partial charge >= 0.3 is 8.00 Å². The molecule has 0 radical (unpaired) electrons. The van der Waals surface area contributed by atoms with Gasteiger partial charge in [0.05, 0.1) is 0 Å². The molecule has 0 saturated heterocycles. The molecule has 0 aliphatic carbocycles. The van der Waals surface area contributed by atoms with E-state index < -0.39 is 8.00 Å². The molecule has 0 aliphatic heterocycles. The van der Waals surface area contributed by atoms with Crippen molar-refractivity contribution in [3.05, 3.63) is 0 Å². The van der Waals surface area contributed by atoms with E-state index in [-0.39, 0.29) is 6.10 Å². The lowest BCUT2D eigenvalue weighted by Gasteiger charge is -1.96. The van der Waals surface area contributed by atoms with E-state index in [9.17, 15) is 0 Å². The molecule has 0 spiro atoms. The van der Waals surface area contributed by atoms with Crippen LogP contribution in [0.15, 0.2) is 0 Å². The van der Waals surface area contributed by atoms with Crippen LogP contribution in [0.5, 0.6) is 0 Å². The van der Waals surface area contributed by atoms with Crippen molar-refractivity contribution < 1.29 is 9.42 Å². The van der Waals surface area contributed by atoms with Crippen LogP contribution in [0.2, 0.25) is 0 Å². The van der Waals surface area contributed by atoms with E-state index in [0.717, 1.165) is 6.42 Å². The molecule has 0 rings (SSSR count). The second-order valence-corrected chi connectivity index (χ2v) is 2.59. The highest BCUT2D eigenvalue weighted by molar-refractivity contribution is 7.44. The Hall–Kier alpha value is 0.0900. The quantitative estimate of drug-likeness (QED) is 0.595. The molecule has 0 aromatic heterocycles. The van der Waals surface area contributed by atoms with Crippen LogP contribution in [0.4, 0.5) is 0 Å². The van der Waals surface area contributed by atoms with Crippen LogP contribution in [0.1, 0.15) is 20.3 Å². The molecule has 2 nitrogen and oxygen atoms in total. The summed E-state index contributed by atoms with van der Waals surface area (Å²) in [6.07, 6.45) is 4.39. The van der Waals surface area contributed by atoms with E-state index in [1.165, 1.54) is 0 Å². The van der Waals surface area contributed by atoms with Gasteiger partial charge in [-0.25, -0.2) is 0 Å². The Morgan fingerprint density at radius 3 is 2.50 bits per heavy atom. The fourth-order valence-electron chi connectivity index (χ4n) is 0.282. The molecule has 48 valence electrons. The molecule has 0 heterocycles. The van der Waals surface area contributed by atoms with Crippen molar-refractivity contribution in [1.29, 1.82) is 0 Å². The summed E-state index contributed by atoms with van der Waals surface area (Å²) in [4.78, 5) is 8.59. The van der Waals surface area contributed by atoms with Gasteiger partial charge in [-0.15, -0.1) is 0 Å². The third-order valence-electron chi connectivity index (χ3n) is 0.877. The van der Waals surface area contributed by atoms with Crippen molar-refractivity contribution in [1.82, 2.24) is 0 Å². The minimum atomic E-state index is -1.40. The lowest BCUT2D eigenvalue weighted by atomic mass is 10.3. The zero-order valence-electron chi connectivity index (χ0n) is 5.29. The third kappa shape index (κ3) is 4.25. The highest BCUT2D eigenvalue weighted by Crippen LogP contribution is 2.18. The van der Waals surface area contributed by atoms with Crippen molar-refractivity contribution in [3.8, 4) is 0 Å². The van der Waals surface area contributed by atoms with Crippen LogP contribution in [-0.4, -0.2) is 17.3 Å². The zero-order chi connectivity index (χ0) is 6.57. The minimum Gasteiger partial charge on any atom is -0.168 e. The summed E-state index contributed by atoms with van der Waals surface area (Å²) >= 11 is 0. The topological polar surface area (TPSA) is 29.5 Å². The summed E-state index contributed by atoms with van der Waals surface area (Å²) in [6, 6.07) is 0. The zero-order valence-corrected chi connectivity index (χ0v) is 6.19. The Balaban J connectivity index is 3.24. The smallest absolute Gasteiger partial charge is 0.168 e. The Bertz CT molecular complexity index is 82.5. The van der Waals surface area contributed by atoms with E-state index in [2.05, 4.69) is 6.30 Å². The van der Waals surface area contributed by atoms with Crippen molar-refractivity contribution >= 4 is 14.3 Å². The summed E-state index contributed by atoms with van der Waals surface area (Å²) in [5, 5.41) is 0. The molecule has 1 N–H and O–H groups in total. The fraction of sp³-hybridized carbons (Fsp3) is 0.800. The molecule has 0 amide bonds. The molecule has 0 aromatic rings. The Morgan fingerprint density at radius 1 is 1.88 bits per heavy atom. The van der Waals surface area contributed by atoms with Crippen LogP contribution in [0.3, 0.4) is 0 Å². The number of rotatable bonds is 3. The molecule has 8 heavy (non-hydrogen) atoms. The van der Waals surface area contributed by atoms with Gasteiger partial charge in [0.1, 0.15) is 12.4 Å². The van der Waals surface area contributed by atoms with Crippen molar-refractivity contribution in [2.45, 2.75) is 26.4 Å². The molecule has 0 bridgehead atoms. The maximum absolute atomic E-state index is 8.59. The van der Waals surface area contributed by atoms with E-state index in [1.54, 1.807) is 0 Å². The Morgan fingerprint density at radius 2 is 2.38 bits per heavy atom. The molecule has 0 saturated carbocycles. The summed E-state index contributed by atoms with van der Waals surface area (Å²) < 4.78 is 4.91. The van der Waals surface area contributed by atoms with Crippen molar-refractivity contribution in [2.24, 2.45) is 0 Å².